The molecular formula is C20H19F3N4O5S. The van der Waals surface area contributed by atoms with Gasteiger partial charge in [-0.2, -0.15) is 21.6 Å². The zero-order valence-corrected chi connectivity index (χ0v) is 18.0. The summed E-state index contributed by atoms with van der Waals surface area (Å²) < 4.78 is 71.9. The minimum Gasteiger partial charge on any atom is -0.444 e. The first-order chi connectivity index (χ1) is 15.5. The Hall–Kier alpha value is -3.32. The molecule has 2 N–H and O–H groups in total. The smallest absolute Gasteiger partial charge is 0.444 e. The average molecular weight is 484 g/mol. The number of nitrogens with zero attached hydrogens (tertiary/aromatic N) is 2. The Labute approximate surface area is 187 Å². The highest BCUT2D eigenvalue weighted by Gasteiger charge is 2.49. The molecule has 1 unspecified atom stereocenters. The second kappa shape index (κ2) is 8.56. The van der Waals surface area contributed by atoms with Crippen molar-refractivity contribution in [1.82, 2.24) is 15.3 Å². The van der Waals surface area contributed by atoms with Gasteiger partial charge in [0.1, 0.15) is 5.78 Å². The molecule has 33 heavy (non-hydrogen) atoms. The highest BCUT2D eigenvalue weighted by Crippen LogP contribution is 2.35. The predicted molar refractivity (Wildman–Crippen MR) is 111 cm³/mol. The number of hydrogen-bond donors (Lipinski definition) is 2. The van der Waals surface area contributed by atoms with E-state index in [0.717, 1.165) is 11.8 Å². The number of hydrazine groups is 1. The third-order valence-corrected chi connectivity index (χ3v) is 6.14. The van der Waals surface area contributed by atoms with E-state index in [2.05, 4.69) is 19.9 Å². The molecule has 0 amide bonds. The summed E-state index contributed by atoms with van der Waals surface area (Å²) in [5.74, 6) is -0.130. The fourth-order valence-corrected chi connectivity index (χ4v) is 3.97. The van der Waals surface area contributed by atoms with E-state index in [0.29, 0.717) is 17.0 Å². The maximum atomic E-state index is 13.0. The number of oxazole rings is 1. The Kier molecular flexibility index (Phi) is 5.93. The lowest BCUT2D eigenvalue weighted by Gasteiger charge is -2.35. The van der Waals surface area contributed by atoms with Crippen LogP contribution in [-0.4, -0.2) is 48.8 Å². The molecule has 2 aromatic rings. The van der Waals surface area contributed by atoms with Crippen LogP contribution in [0.25, 0.3) is 11.3 Å². The van der Waals surface area contributed by atoms with Crippen LogP contribution in [0.3, 0.4) is 0 Å². The normalized spacial score (nSPS) is 19.1. The molecule has 9 nitrogen and oxygen atoms in total. The summed E-state index contributed by atoms with van der Waals surface area (Å²) in [7, 11) is -5.89. The van der Waals surface area contributed by atoms with Crippen molar-refractivity contribution in [3.63, 3.8) is 0 Å². The van der Waals surface area contributed by atoms with Crippen molar-refractivity contribution in [1.29, 1.82) is 0 Å². The third-order valence-electron chi connectivity index (χ3n) is 5.18. The van der Waals surface area contributed by atoms with E-state index in [9.17, 15) is 26.4 Å². The standard InChI is InChI=1S/C20H19F3N4O5S/c1-12(28)17-6-16-14(7-25-17)9-27(10-19(16)32-33(29,30)20(21,22)23)26-15-4-2-13(3-5-15)18-8-24-11-31-18/h2-5,8,10-11,17,25-26H,6-7,9H2,1H3. The van der Waals surface area contributed by atoms with E-state index < -0.39 is 27.4 Å². The number of anilines is 1. The quantitative estimate of drug-likeness (QED) is 0.472. The number of rotatable bonds is 6. The van der Waals surface area contributed by atoms with Crippen molar-refractivity contribution in [3.8, 4) is 11.3 Å². The summed E-state index contributed by atoms with van der Waals surface area (Å²) >= 11 is 0. The third kappa shape index (κ3) is 4.88. The molecule has 0 saturated carbocycles. The number of allylic oxidation sites excluding steroid dienone is 1. The first kappa shape index (κ1) is 22.9. The highest BCUT2D eigenvalue weighted by molar-refractivity contribution is 7.87. The van der Waals surface area contributed by atoms with Crippen molar-refractivity contribution >= 4 is 21.6 Å². The Morgan fingerprint density at radius 1 is 1.30 bits per heavy atom. The first-order valence-corrected chi connectivity index (χ1v) is 11.1. The van der Waals surface area contributed by atoms with Gasteiger partial charge in [0.2, 0.25) is 0 Å². The molecular weight excluding hydrogens is 465 g/mol. The number of halogens is 3. The van der Waals surface area contributed by atoms with Crippen LogP contribution in [0.1, 0.15) is 13.3 Å². The van der Waals surface area contributed by atoms with Crippen LogP contribution in [0.5, 0.6) is 0 Å². The molecule has 0 saturated heterocycles. The average Bonchev–Trinajstić information content (AvgIpc) is 3.28. The second-order valence-corrected chi connectivity index (χ2v) is 9.03. The number of carbonyl (C=O) groups excluding carboxylic acids is 1. The molecule has 176 valence electrons. The summed E-state index contributed by atoms with van der Waals surface area (Å²) in [4.78, 5) is 15.6. The van der Waals surface area contributed by atoms with Gasteiger partial charge in [0.25, 0.3) is 0 Å². The molecule has 13 heteroatoms. The van der Waals surface area contributed by atoms with Gasteiger partial charge >= 0.3 is 15.6 Å². The Bertz CT molecular complexity index is 1210. The minimum absolute atomic E-state index is 0.0175. The maximum absolute atomic E-state index is 13.0. The maximum Gasteiger partial charge on any atom is 0.534 e. The number of nitrogens with one attached hydrogen (secondary N) is 2. The van der Waals surface area contributed by atoms with Crippen molar-refractivity contribution < 1.29 is 35.0 Å². The largest absolute Gasteiger partial charge is 0.534 e. The molecule has 1 aromatic heterocycles. The van der Waals surface area contributed by atoms with Gasteiger partial charge in [0.15, 0.2) is 17.9 Å². The fraction of sp³-hybridized carbons (Fsp3) is 0.300. The summed E-state index contributed by atoms with van der Waals surface area (Å²) in [5, 5.41) is 4.42. The molecule has 0 bridgehead atoms. The molecule has 1 aromatic carbocycles. The lowest BCUT2D eigenvalue weighted by atomic mass is 9.91. The van der Waals surface area contributed by atoms with Gasteiger partial charge in [0, 0.05) is 17.7 Å². The molecule has 2 aliphatic heterocycles. The Balaban J connectivity index is 1.59. The van der Waals surface area contributed by atoms with E-state index in [1.807, 2.05) is 0 Å². The molecule has 2 aliphatic rings. The monoisotopic (exact) mass is 484 g/mol. The summed E-state index contributed by atoms with van der Waals surface area (Å²) in [5.41, 5.74) is -0.367. The number of aromatic nitrogens is 1. The molecule has 1 atom stereocenters. The SMILES string of the molecule is CC(=O)C1CC2=C(CN1)CN(Nc1ccc(-c3cnco3)cc1)C=C2OS(=O)(=O)C(F)(F)F. The van der Waals surface area contributed by atoms with Crippen LogP contribution in [0.2, 0.25) is 0 Å². The zero-order valence-electron chi connectivity index (χ0n) is 17.2. The van der Waals surface area contributed by atoms with Crippen LogP contribution in [0, 0.1) is 0 Å². The highest BCUT2D eigenvalue weighted by atomic mass is 32.2. The zero-order chi connectivity index (χ0) is 23.8. The van der Waals surface area contributed by atoms with Crippen molar-refractivity contribution in [2.24, 2.45) is 0 Å². The van der Waals surface area contributed by atoms with E-state index in [-0.39, 0.29) is 30.9 Å². The van der Waals surface area contributed by atoms with E-state index in [1.54, 1.807) is 30.5 Å². The number of ketones is 1. The first-order valence-electron chi connectivity index (χ1n) is 9.73. The predicted octanol–water partition coefficient (Wildman–Crippen LogP) is 2.94. The Morgan fingerprint density at radius 3 is 2.64 bits per heavy atom. The van der Waals surface area contributed by atoms with Crippen LogP contribution in [-0.2, 0) is 19.1 Å². The lowest BCUT2D eigenvalue weighted by Crippen LogP contribution is -2.45. The number of carbonyl (C=O) groups is 1. The van der Waals surface area contributed by atoms with Gasteiger partial charge in [-0.05, 0) is 43.2 Å². The van der Waals surface area contributed by atoms with Gasteiger partial charge in [-0.1, -0.05) is 0 Å². The molecule has 3 heterocycles. The fourth-order valence-electron chi connectivity index (χ4n) is 3.50. The number of benzene rings is 1. The summed E-state index contributed by atoms with van der Waals surface area (Å²) in [6.45, 7) is 1.77. The van der Waals surface area contributed by atoms with E-state index in [1.165, 1.54) is 18.3 Å². The second-order valence-electron chi connectivity index (χ2n) is 7.49. The molecule has 0 aliphatic carbocycles. The van der Waals surface area contributed by atoms with Gasteiger partial charge < -0.3 is 13.9 Å². The van der Waals surface area contributed by atoms with Crippen molar-refractivity contribution in [3.05, 3.63) is 60.0 Å². The molecule has 0 fully saturated rings. The Morgan fingerprint density at radius 2 is 2.03 bits per heavy atom. The van der Waals surface area contributed by atoms with Crippen LogP contribution < -0.4 is 10.7 Å². The molecule has 4 rings (SSSR count). The molecule has 0 radical (unpaired) electrons. The van der Waals surface area contributed by atoms with Crippen LogP contribution >= 0.6 is 0 Å². The van der Waals surface area contributed by atoms with Gasteiger partial charge in [-0.15, -0.1) is 0 Å². The minimum atomic E-state index is -5.89. The van der Waals surface area contributed by atoms with Gasteiger partial charge in [0.05, 0.1) is 30.7 Å². The van der Waals surface area contributed by atoms with Crippen molar-refractivity contribution in [2.75, 3.05) is 18.5 Å². The molecule has 0 spiro atoms. The van der Waals surface area contributed by atoms with Crippen LogP contribution in [0.15, 0.2) is 64.4 Å². The summed E-state index contributed by atoms with van der Waals surface area (Å²) in [6, 6.07) is 6.30. The summed E-state index contributed by atoms with van der Waals surface area (Å²) in [6.07, 6.45) is 4.02. The topological polar surface area (TPSA) is 114 Å². The lowest BCUT2D eigenvalue weighted by molar-refractivity contribution is -0.119. The van der Waals surface area contributed by atoms with Crippen molar-refractivity contribution in [2.45, 2.75) is 24.9 Å². The number of alkyl halides is 3. The van der Waals surface area contributed by atoms with Gasteiger partial charge in [-0.25, -0.2) is 4.98 Å². The van der Waals surface area contributed by atoms with Gasteiger partial charge in [-0.3, -0.25) is 15.2 Å². The number of hydrogen-bond acceptors (Lipinski definition) is 9. The van der Waals surface area contributed by atoms with E-state index >= 15 is 0 Å². The number of Topliss-reactive ketones (excluding diaryl/α,β-unsaturated/α-hetero) is 1. The van der Waals surface area contributed by atoms with E-state index in [4.69, 9.17) is 4.42 Å². The van der Waals surface area contributed by atoms with Crippen LogP contribution in [0.4, 0.5) is 18.9 Å².